The lowest BCUT2D eigenvalue weighted by Gasteiger charge is -2.25. The summed E-state index contributed by atoms with van der Waals surface area (Å²) in [5.41, 5.74) is 6.05. The summed E-state index contributed by atoms with van der Waals surface area (Å²) in [6.07, 6.45) is 0.693. The van der Waals surface area contributed by atoms with Crippen LogP contribution in [0.1, 0.15) is 36.2 Å². The van der Waals surface area contributed by atoms with Crippen molar-refractivity contribution in [2.75, 3.05) is 6.54 Å². The highest BCUT2D eigenvalue weighted by Crippen LogP contribution is 2.12. The molecule has 0 aliphatic heterocycles. The number of halogens is 1. The zero-order chi connectivity index (χ0) is 13.1. The van der Waals surface area contributed by atoms with E-state index in [1.807, 2.05) is 13.8 Å². The largest absolute Gasteiger partial charge is 0.347 e. The number of hydrogen-bond donors (Lipinski definition) is 2. The molecule has 1 aromatic carbocycles. The van der Waals surface area contributed by atoms with Crippen LogP contribution in [0.3, 0.4) is 0 Å². The van der Waals surface area contributed by atoms with Crippen molar-refractivity contribution in [2.45, 2.75) is 32.7 Å². The maximum Gasteiger partial charge on any atom is 0.251 e. The number of rotatable bonds is 4. The van der Waals surface area contributed by atoms with E-state index in [1.165, 1.54) is 12.1 Å². The lowest BCUT2D eigenvalue weighted by Crippen LogP contribution is -2.44. The standard InChI is InChI=1S/C13H19FN2O/c1-9-8-10(4-5-11(9)14)12(17)16-13(2,3)6-7-15/h4-5,8H,6-7,15H2,1-3H3,(H,16,17). The summed E-state index contributed by atoms with van der Waals surface area (Å²) in [6.45, 7) is 5.97. The first-order valence-electron chi connectivity index (χ1n) is 5.64. The molecule has 3 nitrogen and oxygen atoms in total. The van der Waals surface area contributed by atoms with Gasteiger partial charge < -0.3 is 11.1 Å². The summed E-state index contributed by atoms with van der Waals surface area (Å²) >= 11 is 0. The molecule has 0 heterocycles. The van der Waals surface area contributed by atoms with Gasteiger partial charge in [-0.15, -0.1) is 0 Å². The molecular formula is C13H19FN2O. The fourth-order valence-electron chi connectivity index (χ4n) is 1.59. The summed E-state index contributed by atoms with van der Waals surface area (Å²) < 4.78 is 13.1. The predicted octanol–water partition coefficient (Wildman–Crippen LogP) is 1.99. The van der Waals surface area contributed by atoms with Crippen LogP contribution >= 0.6 is 0 Å². The van der Waals surface area contributed by atoms with E-state index < -0.39 is 0 Å². The van der Waals surface area contributed by atoms with Gasteiger partial charge in [-0.05, 0) is 57.5 Å². The van der Waals surface area contributed by atoms with Gasteiger partial charge in [-0.1, -0.05) is 0 Å². The normalized spacial score (nSPS) is 11.4. The van der Waals surface area contributed by atoms with E-state index in [1.54, 1.807) is 13.0 Å². The second-order valence-corrected chi connectivity index (χ2v) is 4.84. The minimum atomic E-state index is -0.353. The maximum atomic E-state index is 13.1. The van der Waals surface area contributed by atoms with E-state index in [4.69, 9.17) is 5.73 Å². The molecule has 3 N–H and O–H groups in total. The number of nitrogens with one attached hydrogen (secondary N) is 1. The maximum absolute atomic E-state index is 13.1. The second kappa shape index (κ2) is 5.27. The van der Waals surface area contributed by atoms with Crippen LogP contribution < -0.4 is 11.1 Å². The number of carbonyl (C=O) groups is 1. The molecule has 1 rings (SSSR count). The molecule has 0 aliphatic rings. The van der Waals surface area contributed by atoms with Crippen molar-refractivity contribution in [3.8, 4) is 0 Å². The Balaban J connectivity index is 2.80. The first-order chi connectivity index (χ1) is 7.85. The quantitative estimate of drug-likeness (QED) is 0.842. The van der Waals surface area contributed by atoms with Gasteiger partial charge in [0.25, 0.3) is 5.91 Å². The van der Waals surface area contributed by atoms with Gasteiger partial charge >= 0.3 is 0 Å². The summed E-state index contributed by atoms with van der Waals surface area (Å²) in [4.78, 5) is 11.9. The highest BCUT2D eigenvalue weighted by atomic mass is 19.1. The molecule has 0 aromatic heterocycles. The van der Waals surface area contributed by atoms with E-state index in [9.17, 15) is 9.18 Å². The van der Waals surface area contributed by atoms with Crippen molar-refractivity contribution in [2.24, 2.45) is 5.73 Å². The molecule has 0 spiro atoms. The van der Waals surface area contributed by atoms with Crippen LogP contribution in [0.4, 0.5) is 4.39 Å². The Hall–Kier alpha value is -1.42. The number of hydrogen-bond acceptors (Lipinski definition) is 2. The zero-order valence-corrected chi connectivity index (χ0v) is 10.5. The topological polar surface area (TPSA) is 55.1 Å². The van der Waals surface area contributed by atoms with Crippen LogP contribution in [-0.2, 0) is 0 Å². The lowest BCUT2D eigenvalue weighted by atomic mass is 10.00. The van der Waals surface area contributed by atoms with E-state index in [-0.39, 0.29) is 17.3 Å². The van der Waals surface area contributed by atoms with E-state index in [0.717, 1.165) is 0 Å². The first-order valence-corrected chi connectivity index (χ1v) is 5.64. The molecule has 0 bridgehead atoms. The lowest BCUT2D eigenvalue weighted by molar-refractivity contribution is 0.0910. The Morgan fingerprint density at radius 2 is 2.12 bits per heavy atom. The van der Waals surface area contributed by atoms with Crippen LogP contribution in [0, 0.1) is 12.7 Å². The van der Waals surface area contributed by atoms with Gasteiger partial charge in [0.15, 0.2) is 0 Å². The fourth-order valence-corrected chi connectivity index (χ4v) is 1.59. The summed E-state index contributed by atoms with van der Waals surface area (Å²) in [5, 5.41) is 2.88. The Kier molecular flexibility index (Phi) is 4.23. The third-order valence-electron chi connectivity index (χ3n) is 2.64. The molecule has 0 aliphatic carbocycles. The number of aryl methyl sites for hydroxylation is 1. The van der Waals surface area contributed by atoms with Crippen LogP contribution in [0.25, 0.3) is 0 Å². The van der Waals surface area contributed by atoms with E-state index in [0.29, 0.717) is 24.1 Å². The first kappa shape index (κ1) is 13.6. The van der Waals surface area contributed by atoms with E-state index in [2.05, 4.69) is 5.32 Å². The monoisotopic (exact) mass is 238 g/mol. The molecule has 1 aromatic rings. The van der Waals surface area contributed by atoms with Gasteiger partial charge in [0.1, 0.15) is 5.82 Å². The van der Waals surface area contributed by atoms with Gasteiger partial charge in [-0.3, -0.25) is 4.79 Å². The van der Waals surface area contributed by atoms with Crippen LogP contribution in [-0.4, -0.2) is 18.0 Å². The molecular weight excluding hydrogens is 219 g/mol. The van der Waals surface area contributed by atoms with Gasteiger partial charge in [0.2, 0.25) is 0 Å². The number of nitrogens with two attached hydrogens (primary N) is 1. The third-order valence-corrected chi connectivity index (χ3v) is 2.64. The SMILES string of the molecule is Cc1cc(C(=O)NC(C)(C)CCN)ccc1F. The fraction of sp³-hybridized carbons (Fsp3) is 0.462. The second-order valence-electron chi connectivity index (χ2n) is 4.84. The highest BCUT2D eigenvalue weighted by molar-refractivity contribution is 5.94. The smallest absolute Gasteiger partial charge is 0.251 e. The Bertz CT molecular complexity index is 416. The Labute approximate surface area is 101 Å². The van der Waals surface area contributed by atoms with Gasteiger partial charge in [-0.2, -0.15) is 0 Å². The molecule has 4 heteroatoms. The minimum Gasteiger partial charge on any atom is -0.347 e. The average Bonchev–Trinajstić information content (AvgIpc) is 2.21. The summed E-state index contributed by atoms with van der Waals surface area (Å²) in [7, 11) is 0. The molecule has 0 saturated heterocycles. The Morgan fingerprint density at radius 1 is 1.47 bits per heavy atom. The van der Waals surface area contributed by atoms with E-state index >= 15 is 0 Å². The summed E-state index contributed by atoms with van der Waals surface area (Å²) in [6, 6.07) is 4.33. The van der Waals surface area contributed by atoms with Crippen molar-refractivity contribution < 1.29 is 9.18 Å². The van der Waals surface area contributed by atoms with Gasteiger partial charge in [-0.25, -0.2) is 4.39 Å². The van der Waals surface area contributed by atoms with Crippen LogP contribution in [0.2, 0.25) is 0 Å². The summed E-state index contributed by atoms with van der Waals surface area (Å²) in [5.74, 6) is -0.505. The average molecular weight is 238 g/mol. The van der Waals surface area contributed by atoms with Crippen molar-refractivity contribution in [1.29, 1.82) is 0 Å². The molecule has 0 fully saturated rings. The van der Waals surface area contributed by atoms with Crippen molar-refractivity contribution in [3.63, 3.8) is 0 Å². The minimum absolute atomic E-state index is 0.202. The van der Waals surface area contributed by atoms with Crippen LogP contribution in [0.5, 0.6) is 0 Å². The van der Waals surface area contributed by atoms with Gasteiger partial charge in [0.05, 0.1) is 0 Å². The molecule has 94 valence electrons. The van der Waals surface area contributed by atoms with Crippen molar-refractivity contribution in [1.82, 2.24) is 5.32 Å². The highest BCUT2D eigenvalue weighted by Gasteiger charge is 2.20. The number of carbonyl (C=O) groups excluding carboxylic acids is 1. The van der Waals surface area contributed by atoms with Gasteiger partial charge in [0, 0.05) is 11.1 Å². The molecule has 1 amide bonds. The molecule has 0 radical (unpaired) electrons. The van der Waals surface area contributed by atoms with Crippen molar-refractivity contribution >= 4 is 5.91 Å². The molecule has 0 atom stereocenters. The van der Waals surface area contributed by atoms with Crippen LogP contribution in [0.15, 0.2) is 18.2 Å². The number of benzene rings is 1. The molecule has 0 saturated carbocycles. The van der Waals surface area contributed by atoms with Crippen molar-refractivity contribution in [3.05, 3.63) is 35.1 Å². The molecule has 0 unspecified atom stereocenters. The number of amides is 1. The predicted molar refractivity (Wildman–Crippen MR) is 66.4 cm³/mol. The Morgan fingerprint density at radius 3 is 2.65 bits per heavy atom. The molecule has 17 heavy (non-hydrogen) atoms. The zero-order valence-electron chi connectivity index (χ0n) is 10.5. The third kappa shape index (κ3) is 3.82.